The van der Waals surface area contributed by atoms with Crippen LogP contribution < -0.4 is 25.6 Å². The molecule has 2 aromatic carbocycles. The zero-order valence-electron chi connectivity index (χ0n) is 19.8. The summed E-state index contributed by atoms with van der Waals surface area (Å²) in [6.07, 6.45) is 2.22. The van der Waals surface area contributed by atoms with Crippen LogP contribution in [0.15, 0.2) is 41.3 Å². The molecule has 12 nitrogen and oxygen atoms in total. The maximum atomic E-state index is 13.4. The van der Waals surface area contributed by atoms with E-state index in [1.165, 1.54) is 54.9 Å². The third-order valence-electron chi connectivity index (χ3n) is 5.50. The van der Waals surface area contributed by atoms with Crippen LogP contribution in [-0.2, 0) is 21.2 Å². The lowest BCUT2D eigenvalue weighted by atomic mass is 10.1. The van der Waals surface area contributed by atoms with Gasteiger partial charge in [-0.05, 0) is 48.8 Å². The first kappa shape index (κ1) is 27.1. The second-order valence-electron chi connectivity index (χ2n) is 7.89. The molecule has 36 heavy (non-hydrogen) atoms. The predicted octanol–water partition coefficient (Wildman–Crippen LogP) is 2.35. The number of piperidine rings is 1. The molecule has 1 aliphatic rings. The molecule has 1 fully saturated rings. The lowest BCUT2D eigenvalue weighted by Crippen LogP contribution is -2.44. The highest BCUT2D eigenvalue weighted by Gasteiger charge is 2.30. The van der Waals surface area contributed by atoms with Crippen LogP contribution in [0, 0.1) is 10.1 Å². The Kier molecular flexibility index (Phi) is 9.01. The van der Waals surface area contributed by atoms with Gasteiger partial charge in [-0.1, -0.05) is 6.42 Å². The van der Waals surface area contributed by atoms with Crippen molar-refractivity contribution >= 4 is 44.6 Å². The number of thiocarbonyl (C=S) groups is 1. The molecule has 1 aliphatic heterocycles. The van der Waals surface area contributed by atoms with Crippen molar-refractivity contribution in [1.29, 1.82) is 0 Å². The number of ether oxygens (including phenoxy) is 2. The van der Waals surface area contributed by atoms with Gasteiger partial charge in [0.2, 0.25) is 15.9 Å². The van der Waals surface area contributed by atoms with E-state index >= 15 is 0 Å². The molecule has 2 aromatic rings. The van der Waals surface area contributed by atoms with Gasteiger partial charge >= 0.3 is 0 Å². The van der Waals surface area contributed by atoms with Crippen LogP contribution in [0.4, 0.5) is 11.4 Å². The summed E-state index contributed by atoms with van der Waals surface area (Å²) >= 11 is 5.14. The summed E-state index contributed by atoms with van der Waals surface area (Å²) in [7, 11) is -1.04. The Morgan fingerprint density at radius 1 is 1.06 bits per heavy atom. The molecule has 0 aliphatic carbocycles. The molecule has 0 radical (unpaired) electrons. The number of carbonyl (C=O) groups excluding carboxylic acids is 1. The molecule has 14 heteroatoms. The fourth-order valence-corrected chi connectivity index (χ4v) is 5.60. The summed E-state index contributed by atoms with van der Waals surface area (Å²) < 4.78 is 38.8. The molecule has 0 unspecified atom stereocenters. The van der Waals surface area contributed by atoms with Crippen LogP contribution in [0.2, 0.25) is 0 Å². The standard InChI is InChI=1S/C22H27N5O7S2/c1-33-18-12-15(20(14-19(18)34-2)36(31,32)26-10-4-3-5-11-26)13-21(28)24-25-22(35)23-16-6-8-17(9-7-16)27(29)30/h6-9,12,14H,3-5,10-11,13H2,1-2H3,(H,24,28)(H2,23,25,35). The van der Waals surface area contributed by atoms with Crippen molar-refractivity contribution in [3.05, 3.63) is 52.1 Å². The van der Waals surface area contributed by atoms with Gasteiger partial charge in [0.05, 0.1) is 30.5 Å². The Morgan fingerprint density at radius 2 is 1.67 bits per heavy atom. The lowest BCUT2D eigenvalue weighted by Gasteiger charge is -2.27. The highest BCUT2D eigenvalue weighted by molar-refractivity contribution is 7.89. The van der Waals surface area contributed by atoms with E-state index in [0.29, 0.717) is 24.5 Å². The van der Waals surface area contributed by atoms with Gasteiger partial charge in [0, 0.05) is 37.0 Å². The Hall–Kier alpha value is -3.49. The van der Waals surface area contributed by atoms with Crippen LogP contribution in [-0.4, -0.2) is 56.0 Å². The number of rotatable bonds is 8. The number of sulfonamides is 1. The summed E-state index contributed by atoms with van der Waals surface area (Å²) in [5.74, 6) is -0.0183. The van der Waals surface area contributed by atoms with Crippen molar-refractivity contribution in [3.63, 3.8) is 0 Å². The van der Waals surface area contributed by atoms with Gasteiger partial charge in [-0.3, -0.25) is 25.8 Å². The summed E-state index contributed by atoms with van der Waals surface area (Å²) in [5.41, 5.74) is 5.60. The smallest absolute Gasteiger partial charge is 0.269 e. The molecule has 194 valence electrons. The number of nitrogens with one attached hydrogen (secondary N) is 3. The molecule has 3 N–H and O–H groups in total. The number of nitro benzene ring substituents is 1. The first-order valence-electron chi connectivity index (χ1n) is 11.0. The quantitative estimate of drug-likeness (QED) is 0.260. The SMILES string of the molecule is COc1cc(CC(=O)NNC(=S)Nc2ccc([N+](=O)[O-])cc2)c(S(=O)(=O)N2CCCCC2)cc1OC. The fraction of sp³-hybridized carbons (Fsp3) is 0.364. The third-order valence-corrected chi connectivity index (χ3v) is 7.69. The Balaban J connectivity index is 1.72. The highest BCUT2D eigenvalue weighted by Crippen LogP contribution is 2.35. The number of amides is 1. The van der Waals surface area contributed by atoms with Crippen molar-refractivity contribution < 1.29 is 27.6 Å². The average molecular weight is 538 g/mol. The summed E-state index contributed by atoms with van der Waals surface area (Å²) in [4.78, 5) is 22.9. The number of benzene rings is 2. The minimum atomic E-state index is -3.87. The van der Waals surface area contributed by atoms with Gasteiger partial charge in [0.15, 0.2) is 16.6 Å². The molecule has 0 aromatic heterocycles. The van der Waals surface area contributed by atoms with Gasteiger partial charge in [0.25, 0.3) is 5.69 Å². The molecular formula is C22H27N5O7S2. The normalized spacial score (nSPS) is 13.9. The number of methoxy groups -OCH3 is 2. The first-order valence-corrected chi connectivity index (χ1v) is 12.9. The first-order chi connectivity index (χ1) is 17.1. The van der Waals surface area contributed by atoms with Crippen molar-refractivity contribution in [3.8, 4) is 11.5 Å². The minimum absolute atomic E-state index is 0.0243. The monoisotopic (exact) mass is 537 g/mol. The number of hydrogen-bond acceptors (Lipinski definition) is 8. The van der Waals surface area contributed by atoms with Crippen molar-refractivity contribution in [1.82, 2.24) is 15.2 Å². The number of hydrogen-bond donors (Lipinski definition) is 3. The van der Waals surface area contributed by atoms with E-state index in [1.807, 2.05) is 0 Å². The Morgan fingerprint density at radius 3 is 2.25 bits per heavy atom. The molecule has 1 heterocycles. The van der Waals surface area contributed by atoms with Crippen molar-refractivity contribution in [2.75, 3.05) is 32.6 Å². The van der Waals surface area contributed by atoms with Crippen LogP contribution in [0.1, 0.15) is 24.8 Å². The average Bonchev–Trinajstić information content (AvgIpc) is 2.88. The molecule has 0 atom stereocenters. The minimum Gasteiger partial charge on any atom is -0.493 e. The van der Waals surface area contributed by atoms with Gasteiger partial charge in [-0.15, -0.1) is 0 Å². The Labute approximate surface area is 214 Å². The summed E-state index contributed by atoms with van der Waals surface area (Å²) in [6.45, 7) is 0.818. The topological polar surface area (TPSA) is 152 Å². The van der Waals surface area contributed by atoms with E-state index < -0.39 is 20.9 Å². The van der Waals surface area contributed by atoms with E-state index in [-0.39, 0.29) is 33.4 Å². The highest BCUT2D eigenvalue weighted by atomic mass is 32.2. The lowest BCUT2D eigenvalue weighted by molar-refractivity contribution is -0.384. The maximum Gasteiger partial charge on any atom is 0.269 e. The van der Waals surface area contributed by atoms with Gasteiger partial charge in [-0.25, -0.2) is 8.42 Å². The molecule has 1 amide bonds. The summed E-state index contributed by atoms with van der Waals surface area (Å²) in [6, 6.07) is 8.41. The molecule has 0 saturated carbocycles. The second-order valence-corrected chi connectivity index (χ2v) is 10.2. The van der Waals surface area contributed by atoms with Crippen molar-refractivity contribution in [2.24, 2.45) is 0 Å². The number of carbonyl (C=O) groups is 1. The van der Waals surface area contributed by atoms with Crippen LogP contribution in [0.3, 0.4) is 0 Å². The van der Waals surface area contributed by atoms with E-state index in [4.69, 9.17) is 21.7 Å². The molecule has 0 bridgehead atoms. The number of nitrogens with zero attached hydrogens (tertiary/aromatic N) is 2. The van der Waals surface area contributed by atoms with E-state index in [2.05, 4.69) is 16.2 Å². The van der Waals surface area contributed by atoms with Gasteiger partial charge in [-0.2, -0.15) is 4.31 Å². The fourth-order valence-electron chi connectivity index (χ4n) is 3.70. The molecule has 1 saturated heterocycles. The third kappa shape index (κ3) is 6.59. The van der Waals surface area contributed by atoms with Crippen LogP contribution in [0.5, 0.6) is 11.5 Å². The summed E-state index contributed by atoms with van der Waals surface area (Å²) in [5, 5.41) is 13.6. The molecule has 3 rings (SSSR count). The number of anilines is 1. The Bertz CT molecular complexity index is 1230. The van der Waals surface area contributed by atoms with E-state index in [9.17, 15) is 23.3 Å². The number of hydrazine groups is 1. The van der Waals surface area contributed by atoms with Crippen LogP contribution in [0.25, 0.3) is 0 Å². The predicted molar refractivity (Wildman–Crippen MR) is 136 cm³/mol. The van der Waals surface area contributed by atoms with Gasteiger partial charge < -0.3 is 14.8 Å². The van der Waals surface area contributed by atoms with Crippen molar-refractivity contribution in [2.45, 2.75) is 30.6 Å². The molecular weight excluding hydrogens is 510 g/mol. The second kappa shape index (κ2) is 12.0. The zero-order chi connectivity index (χ0) is 26.3. The van der Waals surface area contributed by atoms with Gasteiger partial charge in [0.1, 0.15) is 0 Å². The number of non-ortho nitro benzene ring substituents is 1. The number of nitro groups is 1. The zero-order valence-corrected chi connectivity index (χ0v) is 21.4. The van der Waals surface area contributed by atoms with E-state index in [0.717, 1.165) is 19.3 Å². The maximum absolute atomic E-state index is 13.4. The largest absolute Gasteiger partial charge is 0.493 e. The van der Waals surface area contributed by atoms with E-state index in [1.54, 1.807) is 0 Å². The molecule has 0 spiro atoms. The van der Waals surface area contributed by atoms with Crippen LogP contribution >= 0.6 is 12.2 Å².